The summed E-state index contributed by atoms with van der Waals surface area (Å²) in [4.78, 5) is 20.0. The van der Waals surface area contributed by atoms with Crippen molar-refractivity contribution in [2.75, 3.05) is 11.9 Å². The fraction of sp³-hybridized carbons (Fsp3) is 0.118. The van der Waals surface area contributed by atoms with E-state index < -0.39 is 5.43 Å². The highest BCUT2D eigenvalue weighted by Gasteiger charge is 2.20. The van der Waals surface area contributed by atoms with E-state index in [0.29, 0.717) is 10.8 Å². The quantitative estimate of drug-likeness (QED) is 0.749. The highest BCUT2D eigenvalue weighted by Crippen LogP contribution is 2.37. The van der Waals surface area contributed by atoms with Crippen LogP contribution in [0.1, 0.15) is 5.56 Å². The maximum atomic E-state index is 11.3. The van der Waals surface area contributed by atoms with Crippen LogP contribution < -0.4 is 10.7 Å². The van der Waals surface area contributed by atoms with Crippen molar-refractivity contribution >= 4 is 17.4 Å². The number of aromatic hydroxyl groups is 1. The Hall–Kier alpha value is -2.86. The summed E-state index contributed by atoms with van der Waals surface area (Å²) < 4.78 is 1.59. The van der Waals surface area contributed by atoms with Crippen LogP contribution in [0.3, 0.4) is 0 Å². The van der Waals surface area contributed by atoms with Crippen LogP contribution in [0, 0.1) is 0 Å². The lowest BCUT2D eigenvalue weighted by atomic mass is 10.0. The van der Waals surface area contributed by atoms with Crippen LogP contribution in [-0.4, -0.2) is 26.2 Å². The van der Waals surface area contributed by atoms with Crippen molar-refractivity contribution in [3.8, 4) is 22.7 Å². The molecule has 2 N–H and O–H groups in total. The van der Waals surface area contributed by atoms with Gasteiger partial charge in [0.25, 0.3) is 0 Å². The van der Waals surface area contributed by atoms with Gasteiger partial charge in [0, 0.05) is 42.3 Å². The van der Waals surface area contributed by atoms with Crippen LogP contribution >= 0.6 is 11.6 Å². The van der Waals surface area contributed by atoms with Gasteiger partial charge in [-0.05, 0) is 24.1 Å². The second-order valence-electron chi connectivity index (χ2n) is 5.49. The first kappa shape index (κ1) is 14.7. The number of aromatic nitrogens is 3. The summed E-state index contributed by atoms with van der Waals surface area (Å²) >= 11 is 6.39. The van der Waals surface area contributed by atoms with Gasteiger partial charge < -0.3 is 15.0 Å². The third-order valence-electron chi connectivity index (χ3n) is 4.00. The molecule has 3 aromatic heterocycles. The van der Waals surface area contributed by atoms with Crippen LogP contribution in [0.5, 0.6) is 5.75 Å². The Kier molecular flexibility index (Phi) is 3.46. The van der Waals surface area contributed by atoms with Crippen molar-refractivity contribution in [3.05, 3.63) is 63.8 Å². The van der Waals surface area contributed by atoms with E-state index in [1.165, 1.54) is 12.3 Å². The maximum absolute atomic E-state index is 11.3. The monoisotopic (exact) mass is 340 g/mol. The summed E-state index contributed by atoms with van der Waals surface area (Å²) in [5.74, 6) is 1.11. The smallest absolute Gasteiger partial charge is 0.223 e. The number of halogens is 1. The van der Waals surface area contributed by atoms with Crippen LogP contribution in [-0.2, 0) is 6.42 Å². The van der Waals surface area contributed by atoms with Gasteiger partial charge in [0.15, 0.2) is 5.75 Å². The van der Waals surface area contributed by atoms with E-state index in [1.54, 1.807) is 23.2 Å². The summed E-state index contributed by atoms with van der Waals surface area (Å²) in [7, 11) is 0. The third kappa shape index (κ3) is 2.41. The SMILES string of the molecule is O=c1ccn(-c2cc(-c3c(Cl)cnc4c3CCN4)ccn2)cc1O. The van der Waals surface area contributed by atoms with Crippen LogP contribution in [0.15, 0.2) is 47.8 Å². The molecule has 1 aliphatic heterocycles. The summed E-state index contributed by atoms with van der Waals surface area (Å²) in [5, 5.41) is 13.4. The minimum absolute atomic E-state index is 0.322. The van der Waals surface area contributed by atoms with E-state index in [1.807, 2.05) is 12.1 Å². The average molecular weight is 341 g/mol. The number of pyridine rings is 3. The predicted molar refractivity (Wildman–Crippen MR) is 91.9 cm³/mol. The molecule has 24 heavy (non-hydrogen) atoms. The van der Waals surface area contributed by atoms with Gasteiger partial charge >= 0.3 is 0 Å². The molecule has 120 valence electrons. The van der Waals surface area contributed by atoms with E-state index in [9.17, 15) is 9.90 Å². The molecule has 4 rings (SSSR count). The number of nitrogens with one attached hydrogen (secondary N) is 1. The molecule has 0 saturated carbocycles. The summed E-state index contributed by atoms with van der Waals surface area (Å²) in [6, 6.07) is 5.04. The lowest BCUT2D eigenvalue weighted by Gasteiger charge is -2.12. The number of fused-ring (bicyclic) bond motifs is 1. The Labute approximate surface area is 142 Å². The summed E-state index contributed by atoms with van der Waals surface area (Å²) in [6.45, 7) is 0.835. The molecule has 0 bridgehead atoms. The number of anilines is 1. The average Bonchev–Trinajstić information content (AvgIpc) is 3.06. The number of nitrogens with zero attached hydrogens (tertiary/aromatic N) is 3. The second kappa shape index (κ2) is 5.65. The van der Waals surface area contributed by atoms with Crippen LogP contribution in [0.4, 0.5) is 5.82 Å². The lowest BCUT2D eigenvalue weighted by Crippen LogP contribution is -2.05. The number of rotatable bonds is 2. The van der Waals surface area contributed by atoms with E-state index in [4.69, 9.17) is 11.6 Å². The molecule has 7 heteroatoms. The van der Waals surface area contributed by atoms with Gasteiger partial charge in [0.2, 0.25) is 5.43 Å². The molecular weight excluding hydrogens is 328 g/mol. The fourth-order valence-electron chi connectivity index (χ4n) is 2.87. The normalized spacial score (nSPS) is 12.7. The number of hydrogen-bond acceptors (Lipinski definition) is 5. The van der Waals surface area contributed by atoms with Crippen molar-refractivity contribution in [1.29, 1.82) is 0 Å². The predicted octanol–water partition coefficient (Wildman–Crippen LogP) is 2.62. The summed E-state index contributed by atoms with van der Waals surface area (Å²) in [6.07, 6.45) is 7.07. The molecule has 0 amide bonds. The maximum Gasteiger partial charge on any atom is 0.223 e. The van der Waals surface area contributed by atoms with Crippen molar-refractivity contribution in [2.45, 2.75) is 6.42 Å². The van der Waals surface area contributed by atoms with Crippen LogP contribution in [0.2, 0.25) is 5.02 Å². The zero-order chi connectivity index (χ0) is 16.7. The largest absolute Gasteiger partial charge is 0.503 e. The molecule has 0 aromatic carbocycles. The van der Waals surface area contributed by atoms with Gasteiger partial charge in [-0.25, -0.2) is 9.97 Å². The highest BCUT2D eigenvalue weighted by molar-refractivity contribution is 6.33. The fourth-order valence-corrected chi connectivity index (χ4v) is 3.14. The van der Waals surface area contributed by atoms with Gasteiger partial charge in [0.1, 0.15) is 11.6 Å². The molecule has 4 heterocycles. The molecule has 6 nitrogen and oxygen atoms in total. The van der Waals surface area contributed by atoms with Gasteiger partial charge in [-0.1, -0.05) is 11.6 Å². The van der Waals surface area contributed by atoms with E-state index >= 15 is 0 Å². The molecule has 3 aromatic rings. The first-order valence-electron chi connectivity index (χ1n) is 7.43. The van der Waals surface area contributed by atoms with Gasteiger partial charge in [-0.2, -0.15) is 0 Å². The second-order valence-corrected chi connectivity index (χ2v) is 5.90. The first-order chi connectivity index (χ1) is 11.6. The number of hydrogen-bond donors (Lipinski definition) is 2. The zero-order valence-corrected chi connectivity index (χ0v) is 13.3. The molecule has 0 spiro atoms. The molecule has 0 aliphatic carbocycles. The Morgan fingerprint density at radius 2 is 2.17 bits per heavy atom. The molecule has 0 atom stereocenters. The van der Waals surface area contributed by atoms with E-state index in [0.717, 1.165) is 35.5 Å². The van der Waals surface area contributed by atoms with Crippen molar-refractivity contribution in [1.82, 2.24) is 14.5 Å². The van der Waals surface area contributed by atoms with Crippen molar-refractivity contribution < 1.29 is 5.11 Å². The molecule has 0 fully saturated rings. The topological polar surface area (TPSA) is 80.0 Å². The minimum Gasteiger partial charge on any atom is -0.503 e. The Balaban J connectivity index is 1.86. The molecule has 0 saturated heterocycles. The Bertz CT molecular complexity index is 1000. The van der Waals surface area contributed by atoms with Crippen molar-refractivity contribution in [2.24, 2.45) is 0 Å². The zero-order valence-electron chi connectivity index (χ0n) is 12.5. The Morgan fingerprint density at radius 1 is 1.29 bits per heavy atom. The van der Waals surface area contributed by atoms with E-state index in [-0.39, 0.29) is 5.75 Å². The third-order valence-corrected chi connectivity index (χ3v) is 4.29. The molecular formula is C17H13ClN4O2. The molecule has 0 unspecified atom stereocenters. The molecule has 0 radical (unpaired) electrons. The van der Waals surface area contributed by atoms with Gasteiger partial charge in [-0.3, -0.25) is 4.79 Å². The highest BCUT2D eigenvalue weighted by atomic mass is 35.5. The first-order valence-corrected chi connectivity index (χ1v) is 7.80. The van der Waals surface area contributed by atoms with Crippen molar-refractivity contribution in [3.63, 3.8) is 0 Å². The minimum atomic E-state index is -0.427. The standard InChI is InChI=1S/C17H13ClN4O2/c18-12-8-21-17-11(2-5-20-17)16(12)10-1-4-19-15(7-10)22-6-3-13(23)14(24)9-22/h1,3-4,6-9,24H,2,5H2,(H,20,21). The Morgan fingerprint density at radius 3 is 3.00 bits per heavy atom. The van der Waals surface area contributed by atoms with Gasteiger partial charge in [-0.15, -0.1) is 0 Å². The van der Waals surface area contributed by atoms with E-state index in [2.05, 4.69) is 15.3 Å². The molecule has 1 aliphatic rings. The summed E-state index contributed by atoms with van der Waals surface area (Å²) in [5.41, 5.74) is 2.50. The lowest BCUT2D eigenvalue weighted by molar-refractivity contribution is 0.465. The van der Waals surface area contributed by atoms with Crippen LogP contribution in [0.25, 0.3) is 16.9 Å². The van der Waals surface area contributed by atoms with Gasteiger partial charge in [0.05, 0.1) is 11.2 Å².